The summed E-state index contributed by atoms with van der Waals surface area (Å²) in [6, 6.07) is 0. The van der Waals surface area contributed by atoms with Crippen molar-refractivity contribution in [1.82, 2.24) is 4.90 Å². The molecule has 1 atom stereocenters. The van der Waals surface area contributed by atoms with Crippen LogP contribution in [0, 0.1) is 0 Å². The van der Waals surface area contributed by atoms with E-state index >= 15 is 0 Å². The first-order chi connectivity index (χ1) is 5.25. The predicted octanol–water partition coefficient (Wildman–Crippen LogP) is 1.88. The zero-order valence-corrected chi connectivity index (χ0v) is 6.44. The monoisotopic (exact) mass is 130 g/mol. The predicted molar refractivity (Wildman–Crippen MR) is 40.6 cm³/mol. The molecule has 1 unspecified atom stereocenters. The Morgan fingerprint density at radius 3 is 2.22 bits per heavy atom. The van der Waals surface area contributed by atoms with Gasteiger partial charge in [0.05, 0.1) is 0 Å². The standard InChI is InChI=1S/C8H17N/c1-8(2,3)9-6-4-5-7-9/h4-7H2,1-3H3/i6D,7D2. The summed E-state index contributed by atoms with van der Waals surface area (Å²) in [4.78, 5) is 1.65. The molecule has 1 heterocycles. The van der Waals surface area contributed by atoms with Gasteiger partial charge in [-0.25, -0.2) is 0 Å². The second kappa shape index (κ2) is 2.30. The molecule has 1 aliphatic rings. The van der Waals surface area contributed by atoms with E-state index in [0.29, 0.717) is 12.8 Å². The van der Waals surface area contributed by atoms with Gasteiger partial charge in [0.2, 0.25) is 0 Å². The fourth-order valence-corrected chi connectivity index (χ4v) is 0.954. The van der Waals surface area contributed by atoms with Gasteiger partial charge in [-0.15, -0.1) is 0 Å². The summed E-state index contributed by atoms with van der Waals surface area (Å²) in [7, 11) is 0. The van der Waals surface area contributed by atoms with Crippen molar-refractivity contribution in [2.24, 2.45) is 0 Å². The van der Waals surface area contributed by atoms with Crippen molar-refractivity contribution < 1.29 is 4.11 Å². The number of nitrogens with zero attached hydrogens (tertiary/aromatic N) is 1. The van der Waals surface area contributed by atoms with Gasteiger partial charge in [-0.05, 0) is 46.6 Å². The van der Waals surface area contributed by atoms with Crippen LogP contribution in [0.2, 0.25) is 0 Å². The van der Waals surface area contributed by atoms with Gasteiger partial charge in [-0.1, -0.05) is 0 Å². The van der Waals surface area contributed by atoms with E-state index in [-0.39, 0.29) is 12.1 Å². The van der Waals surface area contributed by atoms with Crippen LogP contribution in [0.3, 0.4) is 0 Å². The molecule has 0 aromatic carbocycles. The zero-order valence-electron chi connectivity index (χ0n) is 9.44. The lowest BCUT2D eigenvalue weighted by atomic mass is 10.1. The second-order valence-electron chi connectivity index (χ2n) is 3.42. The van der Waals surface area contributed by atoms with Crippen molar-refractivity contribution in [3.63, 3.8) is 0 Å². The largest absolute Gasteiger partial charge is 0.298 e. The Hall–Kier alpha value is -0.0400. The summed E-state index contributed by atoms with van der Waals surface area (Å²) < 4.78 is 23.1. The van der Waals surface area contributed by atoms with Gasteiger partial charge in [0.25, 0.3) is 0 Å². The van der Waals surface area contributed by atoms with Gasteiger partial charge in [-0.3, -0.25) is 4.90 Å². The Labute approximate surface area is 62.3 Å². The van der Waals surface area contributed by atoms with Gasteiger partial charge in [0, 0.05) is 9.65 Å². The maximum absolute atomic E-state index is 7.70. The number of likely N-dealkylation sites (tertiary alicyclic amines) is 1. The van der Waals surface area contributed by atoms with Crippen molar-refractivity contribution >= 4 is 0 Å². The van der Waals surface area contributed by atoms with Crippen LogP contribution in [0.1, 0.15) is 37.7 Å². The summed E-state index contributed by atoms with van der Waals surface area (Å²) in [5, 5.41) is 0. The highest BCUT2D eigenvalue weighted by Crippen LogP contribution is 2.19. The minimum Gasteiger partial charge on any atom is -0.298 e. The van der Waals surface area contributed by atoms with E-state index in [1.54, 1.807) is 4.90 Å². The van der Waals surface area contributed by atoms with Crippen molar-refractivity contribution in [1.29, 1.82) is 0 Å². The lowest BCUT2D eigenvalue weighted by molar-refractivity contribution is 0.175. The third-order valence-electron chi connectivity index (χ3n) is 1.46. The molecule has 0 bridgehead atoms. The van der Waals surface area contributed by atoms with Crippen LogP contribution in [0.15, 0.2) is 0 Å². The number of hydrogen-bond donors (Lipinski definition) is 0. The summed E-state index contributed by atoms with van der Waals surface area (Å²) in [6.45, 7) is 4.21. The molecule has 1 aliphatic heterocycles. The number of hydrogen-bond acceptors (Lipinski definition) is 1. The number of rotatable bonds is 0. The topological polar surface area (TPSA) is 3.24 Å². The first-order valence-electron chi connectivity index (χ1n) is 5.04. The molecule has 54 valence electrons. The average Bonchev–Trinajstić information content (AvgIpc) is 2.03. The van der Waals surface area contributed by atoms with E-state index in [0.717, 1.165) is 0 Å². The normalized spacial score (nSPS) is 41.7. The smallest absolute Gasteiger partial charge is 0.0431 e. The van der Waals surface area contributed by atoms with Crippen LogP contribution in [0.5, 0.6) is 0 Å². The highest BCUT2D eigenvalue weighted by atomic mass is 15.2. The first-order valence-corrected chi connectivity index (χ1v) is 3.47. The van der Waals surface area contributed by atoms with Gasteiger partial charge >= 0.3 is 0 Å². The highest BCUT2D eigenvalue weighted by Gasteiger charge is 2.23. The molecule has 9 heavy (non-hydrogen) atoms. The van der Waals surface area contributed by atoms with E-state index in [9.17, 15) is 0 Å². The molecule has 0 saturated carbocycles. The van der Waals surface area contributed by atoms with Crippen molar-refractivity contribution in [2.45, 2.75) is 39.2 Å². The third kappa shape index (κ3) is 1.68. The molecule has 0 spiro atoms. The Morgan fingerprint density at radius 1 is 1.33 bits per heavy atom. The second-order valence-corrected chi connectivity index (χ2v) is 3.42. The van der Waals surface area contributed by atoms with Crippen LogP contribution >= 0.6 is 0 Å². The van der Waals surface area contributed by atoms with E-state index in [2.05, 4.69) is 0 Å². The van der Waals surface area contributed by atoms with E-state index in [1.807, 2.05) is 20.8 Å². The maximum Gasteiger partial charge on any atom is 0.0431 e. The van der Waals surface area contributed by atoms with E-state index in [1.165, 1.54) is 0 Å². The zero-order chi connectivity index (χ0) is 9.57. The molecule has 0 aromatic heterocycles. The molecular formula is C8H17N. The fraction of sp³-hybridized carbons (Fsp3) is 1.00. The quantitative estimate of drug-likeness (QED) is 0.484. The Kier molecular flexibility index (Phi) is 1.01. The molecule has 1 rings (SSSR count). The van der Waals surface area contributed by atoms with Crippen molar-refractivity contribution in [3.8, 4) is 0 Å². The maximum atomic E-state index is 7.70. The third-order valence-corrected chi connectivity index (χ3v) is 1.46. The van der Waals surface area contributed by atoms with Crippen LogP contribution < -0.4 is 0 Å². The van der Waals surface area contributed by atoms with Gasteiger partial charge in [0.15, 0.2) is 0 Å². The molecule has 0 amide bonds. The SMILES string of the molecule is [2H]C1CCC([2H])([2H])N1C(C)(C)C. The molecule has 1 nitrogen and oxygen atoms in total. The molecular weight excluding hydrogens is 110 g/mol. The molecule has 1 heteroatoms. The van der Waals surface area contributed by atoms with Crippen LogP contribution in [-0.2, 0) is 0 Å². The fourth-order valence-electron chi connectivity index (χ4n) is 0.954. The van der Waals surface area contributed by atoms with Crippen molar-refractivity contribution in [3.05, 3.63) is 0 Å². The van der Waals surface area contributed by atoms with E-state index in [4.69, 9.17) is 4.11 Å². The van der Waals surface area contributed by atoms with Crippen LogP contribution in [0.4, 0.5) is 0 Å². The molecule has 0 radical (unpaired) electrons. The molecule has 0 aromatic rings. The summed E-state index contributed by atoms with van der Waals surface area (Å²) >= 11 is 0. The Morgan fingerprint density at radius 2 is 2.00 bits per heavy atom. The van der Waals surface area contributed by atoms with Crippen molar-refractivity contribution in [2.75, 3.05) is 13.0 Å². The lowest BCUT2D eigenvalue weighted by Gasteiger charge is -2.31. The lowest BCUT2D eigenvalue weighted by Crippen LogP contribution is -2.38. The molecule has 0 N–H and O–H groups in total. The highest BCUT2D eigenvalue weighted by molar-refractivity contribution is 4.79. The molecule has 1 fully saturated rings. The van der Waals surface area contributed by atoms with Crippen LogP contribution in [-0.4, -0.2) is 23.5 Å². The van der Waals surface area contributed by atoms with Gasteiger partial charge < -0.3 is 0 Å². The average molecular weight is 130 g/mol. The Bertz CT molecular complexity index is 174. The van der Waals surface area contributed by atoms with Gasteiger partial charge in [-0.2, -0.15) is 0 Å². The summed E-state index contributed by atoms with van der Waals surface area (Å²) in [6.07, 6.45) is 1.13. The summed E-state index contributed by atoms with van der Waals surface area (Å²) in [5.74, 6) is 0. The minimum absolute atomic E-state index is 0.244. The summed E-state index contributed by atoms with van der Waals surface area (Å²) in [5.41, 5.74) is -0.244. The van der Waals surface area contributed by atoms with Gasteiger partial charge in [0.1, 0.15) is 0 Å². The molecule has 0 aliphatic carbocycles. The van der Waals surface area contributed by atoms with Crippen LogP contribution in [0.25, 0.3) is 0 Å². The molecule has 1 saturated heterocycles. The van der Waals surface area contributed by atoms with E-state index < -0.39 is 6.50 Å². The minimum atomic E-state index is -1.29. The Balaban J connectivity index is 2.86. The first kappa shape index (κ1) is 3.97.